The van der Waals surface area contributed by atoms with Crippen molar-refractivity contribution in [1.82, 2.24) is 5.32 Å². The Hall–Kier alpha value is -1.15. The Morgan fingerprint density at radius 2 is 1.89 bits per heavy atom. The summed E-state index contributed by atoms with van der Waals surface area (Å²) in [6.45, 7) is 4.14. The topological polar surface area (TPSA) is 29.1 Å². The van der Waals surface area contributed by atoms with Crippen LogP contribution in [0.4, 0.5) is 0 Å². The van der Waals surface area contributed by atoms with E-state index in [0.717, 1.165) is 38.8 Å². The van der Waals surface area contributed by atoms with Gasteiger partial charge in [0.05, 0.1) is 0 Å². The lowest BCUT2D eigenvalue weighted by molar-refractivity contribution is -0.130. The fraction of sp³-hybridized carbons (Fsp3) is 0.562. The van der Waals surface area contributed by atoms with Crippen LogP contribution in [0.15, 0.2) is 30.3 Å². The summed E-state index contributed by atoms with van der Waals surface area (Å²) in [7, 11) is 0. The van der Waals surface area contributed by atoms with Gasteiger partial charge in [-0.3, -0.25) is 4.79 Å². The molecule has 1 saturated heterocycles. The third-order valence-electron chi connectivity index (χ3n) is 4.31. The summed E-state index contributed by atoms with van der Waals surface area (Å²) < 4.78 is 0. The van der Waals surface area contributed by atoms with Crippen molar-refractivity contribution in [1.29, 1.82) is 0 Å². The van der Waals surface area contributed by atoms with Crippen LogP contribution in [-0.4, -0.2) is 18.9 Å². The van der Waals surface area contributed by atoms with Crippen LogP contribution in [0.25, 0.3) is 0 Å². The molecule has 0 spiro atoms. The molecule has 1 aromatic carbocycles. The number of Topliss-reactive ketones (excluding diaryl/α,β-unsaturated/α-hetero) is 1. The Kier molecular flexibility index (Phi) is 4.54. The van der Waals surface area contributed by atoms with E-state index in [1.165, 1.54) is 5.56 Å². The predicted octanol–water partition coefficient (Wildman–Crippen LogP) is 2.97. The van der Waals surface area contributed by atoms with E-state index >= 15 is 0 Å². The smallest absolute Gasteiger partial charge is 0.139 e. The molecule has 1 N–H and O–H groups in total. The molecule has 1 heterocycles. The van der Waals surface area contributed by atoms with Gasteiger partial charge in [-0.05, 0) is 44.3 Å². The first-order valence-electron chi connectivity index (χ1n) is 7.05. The highest BCUT2D eigenvalue weighted by Gasteiger charge is 2.36. The van der Waals surface area contributed by atoms with Crippen molar-refractivity contribution < 1.29 is 4.79 Å². The fourth-order valence-corrected chi connectivity index (χ4v) is 2.90. The van der Waals surface area contributed by atoms with Gasteiger partial charge in [0.15, 0.2) is 0 Å². The molecule has 0 saturated carbocycles. The van der Waals surface area contributed by atoms with Gasteiger partial charge in [-0.1, -0.05) is 37.3 Å². The van der Waals surface area contributed by atoms with Crippen molar-refractivity contribution in [3.63, 3.8) is 0 Å². The van der Waals surface area contributed by atoms with Gasteiger partial charge in [-0.25, -0.2) is 0 Å². The standard InChI is InChI=1S/C16H23NO/c1-2-16(10-12-17-13-11-16)15(18)9-8-14-6-4-3-5-7-14/h3-7,17H,2,8-13H2,1H3. The van der Waals surface area contributed by atoms with Gasteiger partial charge in [0.25, 0.3) is 0 Å². The molecule has 2 nitrogen and oxygen atoms in total. The molecule has 2 heteroatoms. The van der Waals surface area contributed by atoms with E-state index in [4.69, 9.17) is 0 Å². The minimum Gasteiger partial charge on any atom is -0.317 e. The first kappa shape index (κ1) is 13.3. The quantitative estimate of drug-likeness (QED) is 0.864. The summed E-state index contributed by atoms with van der Waals surface area (Å²) in [6, 6.07) is 10.3. The van der Waals surface area contributed by atoms with Gasteiger partial charge < -0.3 is 5.32 Å². The molecule has 1 fully saturated rings. The number of rotatable bonds is 5. The van der Waals surface area contributed by atoms with Gasteiger partial charge in [0.1, 0.15) is 5.78 Å². The van der Waals surface area contributed by atoms with E-state index in [2.05, 4.69) is 24.4 Å². The zero-order valence-corrected chi connectivity index (χ0v) is 11.2. The molecule has 0 radical (unpaired) electrons. The number of carbonyl (C=O) groups is 1. The Labute approximate surface area is 110 Å². The lowest BCUT2D eigenvalue weighted by Gasteiger charge is -2.35. The largest absolute Gasteiger partial charge is 0.317 e. The maximum atomic E-state index is 12.5. The van der Waals surface area contributed by atoms with E-state index in [1.54, 1.807) is 0 Å². The van der Waals surface area contributed by atoms with Crippen LogP contribution in [0.2, 0.25) is 0 Å². The average Bonchev–Trinajstić information content (AvgIpc) is 2.46. The van der Waals surface area contributed by atoms with E-state index in [-0.39, 0.29) is 5.41 Å². The second kappa shape index (κ2) is 6.14. The third kappa shape index (κ3) is 2.99. The maximum Gasteiger partial charge on any atom is 0.139 e. The zero-order chi connectivity index (χ0) is 12.8. The van der Waals surface area contributed by atoms with E-state index in [0.29, 0.717) is 12.2 Å². The van der Waals surface area contributed by atoms with Crippen molar-refractivity contribution in [2.75, 3.05) is 13.1 Å². The molecule has 1 aromatic rings. The molecule has 2 rings (SSSR count). The molecular formula is C16H23NO. The molecule has 18 heavy (non-hydrogen) atoms. The minimum absolute atomic E-state index is 0.0416. The third-order valence-corrected chi connectivity index (χ3v) is 4.31. The molecule has 1 aliphatic heterocycles. The molecule has 0 bridgehead atoms. The second-order valence-electron chi connectivity index (χ2n) is 5.29. The predicted molar refractivity (Wildman–Crippen MR) is 74.6 cm³/mol. The van der Waals surface area contributed by atoms with Gasteiger partial charge >= 0.3 is 0 Å². The van der Waals surface area contributed by atoms with Crippen molar-refractivity contribution in [2.24, 2.45) is 5.41 Å². The number of carbonyl (C=O) groups excluding carboxylic acids is 1. The monoisotopic (exact) mass is 245 g/mol. The summed E-state index contributed by atoms with van der Waals surface area (Å²) >= 11 is 0. The van der Waals surface area contributed by atoms with Crippen LogP contribution in [0, 0.1) is 5.41 Å². The highest BCUT2D eigenvalue weighted by Crippen LogP contribution is 2.34. The van der Waals surface area contributed by atoms with Crippen LogP contribution in [0.3, 0.4) is 0 Å². The molecule has 0 aliphatic carbocycles. The van der Waals surface area contributed by atoms with Gasteiger partial charge in [-0.2, -0.15) is 0 Å². The normalized spacial score (nSPS) is 18.5. The van der Waals surface area contributed by atoms with Crippen LogP contribution >= 0.6 is 0 Å². The summed E-state index contributed by atoms with van der Waals surface area (Å²) in [5.74, 6) is 0.468. The number of aryl methyl sites for hydroxylation is 1. The van der Waals surface area contributed by atoms with Crippen molar-refractivity contribution in [3.8, 4) is 0 Å². The van der Waals surface area contributed by atoms with Crippen LogP contribution in [0.5, 0.6) is 0 Å². The zero-order valence-electron chi connectivity index (χ0n) is 11.2. The van der Waals surface area contributed by atoms with Gasteiger partial charge in [0.2, 0.25) is 0 Å². The number of ketones is 1. The van der Waals surface area contributed by atoms with Crippen molar-refractivity contribution in [3.05, 3.63) is 35.9 Å². The first-order valence-corrected chi connectivity index (χ1v) is 7.05. The molecule has 1 aliphatic rings. The van der Waals surface area contributed by atoms with Crippen LogP contribution in [0.1, 0.15) is 38.2 Å². The van der Waals surface area contributed by atoms with Crippen molar-refractivity contribution >= 4 is 5.78 Å². The van der Waals surface area contributed by atoms with E-state index < -0.39 is 0 Å². The summed E-state index contributed by atoms with van der Waals surface area (Å²) in [4.78, 5) is 12.5. The van der Waals surface area contributed by atoms with Crippen molar-refractivity contribution in [2.45, 2.75) is 39.0 Å². The average molecular weight is 245 g/mol. The van der Waals surface area contributed by atoms with Gasteiger partial charge in [-0.15, -0.1) is 0 Å². The molecular weight excluding hydrogens is 222 g/mol. The van der Waals surface area contributed by atoms with Gasteiger partial charge in [0, 0.05) is 11.8 Å². The first-order chi connectivity index (χ1) is 8.77. The lowest BCUT2D eigenvalue weighted by Crippen LogP contribution is -2.41. The Balaban J connectivity index is 1.94. The molecule has 0 aromatic heterocycles. The van der Waals surface area contributed by atoms with Crippen LogP contribution < -0.4 is 5.32 Å². The highest BCUT2D eigenvalue weighted by molar-refractivity contribution is 5.85. The molecule has 98 valence electrons. The Morgan fingerprint density at radius 1 is 1.22 bits per heavy atom. The SMILES string of the molecule is CCC1(C(=O)CCc2ccccc2)CCNCC1. The number of hydrogen-bond donors (Lipinski definition) is 1. The second-order valence-corrected chi connectivity index (χ2v) is 5.29. The number of hydrogen-bond acceptors (Lipinski definition) is 2. The highest BCUT2D eigenvalue weighted by atomic mass is 16.1. The number of nitrogens with one attached hydrogen (secondary N) is 1. The van der Waals surface area contributed by atoms with E-state index in [1.807, 2.05) is 18.2 Å². The molecule has 0 unspecified atom stereocenters. The molecule has 0 atom stereocenters. The minimum atomic E-state index is -0.0416. The maximum absolute atomic E-state index is 12.5. The number of piperidine rings is 1. The Bertz CT molecular complexity index is 379. The van der Waals surface area contributed by atoms with E-state index in [9.17, 15) is 4.79 Å². The number of benzene rings is 1. The summed E-state index contributed by atoms with van der Waals surface area (Å²) in [5.41, 5.74) is 1.23. The Morgan fingerprint density at radius 3 is 2.50 bits per heavy atom. The molecule has 0 amide bonds. The lowest BCUT2D eigenvalue weighted by atomic mass is 9.72. The summed E-state index contributed by atoms with van der Waals surface area (Å²) in [5, 5.41) is 3.35. The summed E-state index contributed by atoms with van der Waals surface area (Å²) in [6.07, 6.45) is 4.59. The fourth-order valence-electron chi connectivity index (χ4n) is 2.90. The van der Waals surface area contributed by atoms with Crippen LogP contribution in [-0.2, 0) is 11.2 Å².